The number of rotatable bonds is 7. The minimum Gasteiger partial charge on any atom is -0.486 e. The number of amides is 1. The van der Waals surface area contributed by atoms with Crippen LogP contribution in [0.15, 0.2) is 70.3 Å². The van der Waals surface area contributed by atoms with Crippen molar-refractivity contribution in [2.45, 2.75) is 18.5 Å². The van der Waals surface area contributed by atoms with Crippen LogP contribution in [-0.4, -0.2) is 46.3 Å². The van der Waals surface area contributed by atoms with Crippen LogP contribution in [0.1, 0.15) is 12.5 Å². The Balaban J connectivity index is 1.32. The van der Waals surface area contributed by atoms with Gasteiger partial charge in [-0.1, -0.05) is 36.0 Å². The maximum absolute atomic E-state index is 13.1. The Bertz CT molecular complexity index is 1280. The molecule has 3 heterocycles. The van der Waals surface area contributed by atoms with E-state index in [1.54, 1.807) is 12.3 Å². The van der Waals surface area contributed by atoms with Crippen LogP contribution in [0.5, 0.6) is 11.5 Å². The molecule has 0 N–H and O–H groups in total. The van der Waals surface area contributed by atoms with Crippen LogP contribution in [-0.2, 0) is 11.3 Å². The van der Waals surface area contributed by atoms with Gasteiger partial charge in [-0.05, 0) is 42.8 Å². The van der Waals surface area contributed by atoms with Crippen LogP contribution in [0.3, 0.4) is 0 Å². The van der Waals surface area contributed by atoms with E-state index < -0.39 is 0 Å². The van der Waals surface area contributed by atoms with Gasteiger partial charge in [0.25, 0.3) is 0 Å². The number of benzene rings is 2. The number of para-hydroxylation sites is 1. The highest BCUT2D eigenvalue weighted by molar-refractivity contribution is 8.00. The van der Waals surface area contributed by atoms with Crippen LogP contribution >= 0.6 is 11.8 Å². The van der Waals surface area contributed by atoms with Gasteiger partial charge in [-0.25, -0.2) is 9.97 Å². The monoisotopic (exact) mass is 461 g/mol. The maximum Gasteiger partial charge on any atom is 0.233 e. The van der Waals surface area contributed by atoms with Gasteiger partial charge in [0.15, 0.2) is 23.1 Å². The Morgan fingerprint density at radius 1 is 1.03 bits per heavy atom. The number of ether oxygens (including phenoxy) is 2. The highest BCUT2D eigenvalue weighted by atomic mass is 32.2. The predicted octanol–water partition coefficient (Wildman–Crippen LogP) is 4.80. The lowest BCUT2D eigenvalue weighted by molar-refractivity contribution is -0.128. The van der Waals surface area contributed by atoms with E-state index >= 15 is 0 Å². The fraction of sp³-hybridized carbons (Fsp3) is 0.240. The van der Waals surface area contributed by atoms with Gasteiger partial charge < -0.3 is 18.8 Å². The minimum absolute atomic E-state index is 0.0413. The number of nitrogens with zero attached hydrogens (tertiary/aromatic N) is 3. The zero-order valence-electron chi connectivity index (χ0n) is 18.2. The molecule has 2 aromatic carbocycles. The highest BCUT2D eigenvalue weighted by Gasteiger charge is 2.18. The lowest BCUT2D eigenvalue weighted by Crippen LogP contribution is -2.31. The minimum atomic E-state index is 0.0413. The molecule has 1 aliphatic rings. The molecule has 2 aromatic heterocycles. The van der Waals surface area contributed by atoms with Crippen molar-refractivity contribution in [2.24, 2.45) is 0 Å². The molecular formula is C25H23N3O4S. The molecule has 1 aliphatic heterocycles. The second-order valence-electron chi connectivity index (χ2n) is 7.52. The second kappa shape index (κ2) is 9.54. The average Bonchev–Trinajstić information content (AvgIpc) is 3.40. The van der Waals surface area contributed by atoms with E-state index in [0.29, 0.717) is 37.9 Å². The van der Waals surface area contributed by atoms with Gasteiger partial charge in [-0.15, -0.1) is 0 Å². The van der Waals surface area contributed by atoms with Crippen LogP contribution < -0.4 is 9.47 Å². The molecule has 0 unspecified atom stereocenters. The molecule has 0 aliphatic carbocycles. The molecule has 8 heteroatoms. The Morgan fingerprint density at radius 3 is 2.70 bits per heavy atom. The molecule has 168 valence electrons. The number of carbonyl (C=O) groups excluding carboxylic acids is 1. The van der Waals surface area contributed by atoms with Crippen molar-refractivity contribution < 1.29 is 18.7 Å². The lowest BCUT2D eigenvalue weighted by Gasteiger charge is -2.23. The topological polar surface area (TPSA) is 77.7 Å². The number of fused-ring (bicyclic) bond motifs is 2. The van der Waals surface area contributed by atoms with E-state index in [4.69, 9.17) is 13.9 Å². The first-order valence-electron chi connectivity index (χ1n) is 10.8. The summed E-state index contributed by atoms with van der Waals surface area (Å²) in [5, 5.41) is 1.68. The molecule has 5 rings (SSSR count). The molecule has 0 bridgehead atoms. The van der Waals surface area contributed by atoms with E-state index in [1.807, 2.05) is 60.4 Å². The summed E-state index contributed by atoms with van der Waals surface area (Å²) in [5.74, 6) is 2.91. The summed E-state index contributed by atoms with van der Waals surface area (Å²) in [5.41, 5.74) is 1.82. The maximum atomic E-state index is 13.1. The number of furan rings is 1. The highest BCUT2D eigenvalue weighted by Crippen LogP contribution is 2.32. The Morgan fingerprint density at radius 2 is 1.88 bits per heavy atom. The third-order valence-corrected chi connectivity index (χ3v) is 6.33. The Kier molecular flexibility index (Phi) is 6.17. The van der Waals surface area contributed by atoms with Crippen molar-refractivity contribution in [3.05, 3.63) is 66.4 Å². The average molecular weight is 462 g/mol. The van der Waals surface area contributed by atoms with Gasteiger partial charge in [0.05, 0.1) is 17.5 Å². The van der Waals surface area contributed by atoms with Crippen LogP contribution in [0, 0.1) is 0 Å². The summed E-state index contributed by atoms with van der Waals surface area (Å²) in [4.78, 5) is 24.2. The van der Waals surface area contributed by atoms with E-state index in [1.165, 1.54) is 11.8 Å². The molecule has 1 amide bonds. The summed E-state index contributed by atoms with van der Waals surface area (Å²) >= 11 is 1.42. The Labute approximate surface area is 195 Å². The first-order chi connectivity index (χ1) is 16.2. The molecule has 0 spiro atoms. The van der Waals surface area contributed by atoms with Crippen molar-refractivity contribution >= 4 is 28.6 Å². The smallest absolute Gasteiger partial charge is 0.233 e. The van der Waals surface area contributed by atoms with Crippen molar-refractivity contribution in [1.82, 2.24) is 14.9 Å². The molecule has 0 saturated heterocycles. The van der Waals surface area contributed by atoms with E-state index in [-0.39, 0.29) is 11.7 Å². The summed E-state index contributed by atoms with van der Waals surface area (Å²) in [7, 11) is 0. The van der Waals surface area contributed by atoms with Gasteiger partial charge in [-0.2, -0.15) is 0 Å². The van der Waals surface area contributed by atoms with Crippen molar-refractivity contribution in [2.75, 3.05) is 25.5 Å². The summed E-state index contributed by atoms with van der Waals surface area (Å²) in [6.45, 7) is 4.19. The molecule has 0 saturated carbocycles. The zero-order chi connectivity index (χ0) is 22.6. The van der Waals surface area contributed by atoms with Crippen molar-refractivity contribution in [3.63, 3.8) is 0 Å². The number of thioether (sulfide) groups is 1. The first kappa shape index (κ1) is 21.3. The lowest BCUT2D eigenvalue weighted by atomic mass is 10.2. The molecule has 7 nitrogen and oxygen atoms in total. The fourth-order valence-corrected chi connectivity index (χ4v) is 4.60. The van der Waals surface area contributed by atoms with Crippen LogP contribution in [0.2, 0.25) is 0 Å². The first-order valence-corrected chi connectivity index (χ1v) is 11.8. The molecule has 0 fully saturated rings. The summed E-state index contributed by atoms with van der Waals surface area (Å²) < 4.78 is 16.7. The number of hydrogen-bond acceptors (Lipinski definition) is 7. The summed E-state index contributed by atoms with van der Waals surface area (Å²) in [6, 6.07) is 17.3. The summed E-state index contributed by atoms with van der Waals surface area (Å²) in [6.07, 6.45) is 1.60. The fourth-order valence-electron chi connectivity index (χ4n) is 3.68. The van der Waals surface area contributed by atoms with Gasteiger partial charge in [0.1, 0.15) is 18.2 Å². The van der Waals surface area contributed by atoms with E-state index in [2.05, 4.69) is 9.97 Å². The standard InChI is InChI=1S/C25H23N3O4S/c1-2-28(15-17-9-10-20-22(14-17)32-13-12-31-20)23(29)16-33-25-18-6-3-4-7-19(18)26-24(27-25)21-8-5-11-30-21/h3-11,14H,2,12-13,15-16H2,1H3. The zero-order valence-corrected chi connectivity index (χ0v) is 19.0. The molecular weight excluding hydrogens is 438 g/mol. The van der Waals surface area contributed by atoms with Gasteiger partial charge in [-0.3, -0.25) is 4.79 Å². The van der Waals surface area contributed by atoms with Gasteiger partial charge in [0, 0.05) is 18.5 Å². The molecule has 4 aromatic rings. The predicted molar refractivity (Wildman–Crippen MR) is 126 cm³/mol. The van der Waals surface area contributed by atoms with Crippen LogP contribution in [0.4, 0.5) is 0 Å². The second-order valence-corrected chi connectivity index (χ2v) is 8.49. The Hall–Kier alpha value is -3.52. The molecule has 0 radical (unpaired) electrons. The normalized spacial score (nSPS) is 12.6. The van der Waals surface area contributed by atoms with Crippen LogP contribution in [0.25, 0.3) is 22.5 Å². The van der Waals surface area contributed by atoms with E-state index in [9.17, 15) is 4.79 Å². The van der Waals surface area contributed by atoms with Crippen molar-refractivity contribution in [1.29, 1.82) is 0 Å². The van der Waals surface area contributed by atoms with Crippen molar-refractivity contribution in [3.8, 4) is 23.1 Å². The third kappa shape index (κ3) is 4.66. The SMILES string of the molecule is CCN(Cc1ccc2c(c1)OCCO2)C(=O)CSc1nc(-c2ccco2)nc2ccccc12. The van der Waals surface area contributed by atoms with Gasteiger partial charge in [0.2, 0.25) is 5.91 Å². The third-order valence-electron chi connectivity index (χ3n) is 5.36. The van der Waals surface area contributed by atoms with E-state index in [0.717, 1.165) is 33.0 Å². The van der Waals surface area contributed by atoms with Gasteiger partial charge >= 0.3 is 0 Å². The quantitative estimate of drug-likeness (QED) is 0.289. The number of carbonyl (C=O) groups is 1. The molecule has 0 atom stereocenters. The largest absolute Gasteiger partial charge is 0.486 e. The molecule has 33 heavy (non-hydrogen) atoms. The number of hydrogen-bond donors (Lipinski definition) is 0. The number of aromatic nitrogens is 2.